The molecular formula is C104H104O30. The van der Waals surface area contributed by atoms with Crippen molar-refractivity contribution in [3.63, 3.8) is 0 Å². The van der Waals surface area contributed by atoms with Gasteiger partial charge >= 0.3 is 0 Å². The van der Waals surface area contributed by atoms with Crippen molar-refractivity contribution >= 4 is 0 Å². The minimum Gasteiger partial charge on any atom is -0.508 e. The van der Waals surface area contributed by atoms with Crippen molar-refractivity contribution < 1.29 is 151 Å². The van der Waals surface area contributed by atoms with E-state index in [1.165, 1.54) is 36.4 Å². The fourth-order valence-electron chi connectivity index (χ4n) is 20.5. The SMILES string of the molecule is Cc1cc(C2Oc3c(c(O)cc(O)c3C3c4c(O)cc(O)cc4OC(c4cc(C)c(O)c(C)c4)C3O)CC2O)cc(C)c1O.Cc1cc(C2Oc3c(c(O)cc4c3CC3c5c(O)cc(O)cc5OC(c5cc(C)c(O)c(C)c5)(CO4)C3O)CC2O)cc(C)c1O.Cc1cc(C2Oc3cc(O)c(C4c5c(O)cc(O)cc5OC(c5cc(C)c(O)c(C)c5)C4O)c(O)c3CC2O)cc(C)c1O. The summed E-state index contributed by atoms with van der Waals surface area (Å²) in [6.07, 6.45) is -12.2. The topological polar surface area (TPSA) is 530 Å². The normalized spacial score (nSPS) is 23.2. The van der Waals surface area contributed by atoms with E-state index in [9.17, 15) is 117 Å². The summed E-state index contributed by atoms with van der Waals surface area (Å²) in [6, 6.07) is 31.5. The molecule has 700 valence electrons. The van der Waals surface area contributed by atoms with E-state index in [4.69, 9.17) is 33.2 Å². The molecule has 7 aliphatic heterocycles. The number of hydrogen-bond donors (Lipinski definition) is 23. The summed E-state index contributed by atoms with van der Waals surface area (Å²) in [5, 5.41) is 252. The Hall–Kier alpha value is -14.4. The number of aliphatic hydroxyl groups excluding tert-OH is 6. The van der Waals surface area contributed by atoms with Crippen LogP contribution < -0.4 is 33.2 Å². The average molecular weight is 1830 g/mol. The van der Waals surface area contributed by atoms with Crippen LogP contribution in [0.1, 0.15) is 198 Å². The van der Waals surface area contributed by atoms with Gasteiger partial charge in [-0.15, -0.1) is 0 Å². The smallest absolute Gasteiger partial charge is 0.194 e. The van der Waals surface area contributed by atoms with Crippen LogP contribution in [0.15, 0.2) is 127 Å². The van der Waals surface area contributed by atoms with Crippen molar-refractivity contribution in [2.24, 2.45) is 0 Å². The highest BCUT2D eigenvalue weighted by atomic mass is 16.6. The van der Waals surface area contributed by atoms with Gasteiger partial charge in [0.25, 0.3) is 0 Å². The van der Waals surface area contributed by atoms with E-state index in [-0.39, 0.29) is 169 Å². The van der Waals surface area contributed by atoms with Crippen LogP contribution in [-0.2, 0) is 31.3 Å². The zero-order valence-electron chi connectivity index (χ0n) is 74.9. The Morgan fingerprint density at radius 1 is 0.254 bits per heavy atom. The second-order valence-corrected chi connectivity index (χ2v) is 36.5. The molecular weight excluding hydrogens is 1730 g/mol. The predicted molar refractivity (Wildman–Crippen MR) is 484 cm³/mol. The average Bonchev–Trinajstić information content (AvgIpc) is 0.717. The molecule has 0 spiro atoms. The minimum atomic E-state index is -1.54. The Bertz CT molecular complexity index is 6670. The lowest BCUT2D eigenvalue weighted by atomic mass is 9.72. The number of aromatic hydroxyl groups is 17. The van der Waals surface area contributed by atoms with E-state index < -0.39 is 119 Å². The number of phenols is 17. The number of phenolic OH excluding ortho intramolecular Hbond substituents is 17. The minimum absolute atomic E-state index is 0.0161. The molecule has 23 N–H and O–H groups in total. The third-order valence-electron chi connectivity index (χ3n) is 27.2. The van der Waals surface area contributed by atoms with Gasteiger partial charge in [-0.3, -0.25) is 0 Å². The highest BCUT2D eigenvalue weighted by Gasteiger charge is 2.56. The summed E-state index contributed by atoms with van der Waals surface area (Å²) in [6.45, 7) is 20.5. The molecule has 2 bridgehead atoms. The fraction of sp³-hybridized carbons (Fsp3) is 0.308. The first-order chi connectivity index (χ1) is 63.3. The van der Waals surface area contributed by atoms with Crippen LogP contribution in [0.25, 0.3) is 0 Å². The summed E-state index contributed by atoms with van der Waals surface area (Å²) in [5.41, 5.74) is 10.3. The standard InChI is InChI=1S/C36H36O10.2C34H34O10/c1-15-5-19(6-16(2)31(15)41)33-27(40)12-22-25(38)13-28-23(34(22)45-33)11-24-30-26(39)9-21(37)10-29(30)46-36(14-44-28,35(24)43)20-7-17(3)32(42)18(4)8-20;1-13-5-17(6-14(2)29(13)40)32-24(39)11-20-21(36)12-23(38)27(34(20)44-32)28-26-22(37)9-19(35)10-25(26)43-33(31(28)42)18-7-15(3)30(41)16(4)8-18;1-13-5-17(6-14(2)29(13)39)33-23(38)11-20-24(43-33)12-22(37)27(31(20)41)28-26-21(36)9-19(35)10-25(26)44-34(32(28)42)18-7-15(3)30(40)16(4)8-18/h5-10,13,24,27,33,35,37-43H,11-12,14H2,1-4H3;5-10,12,24,28,31-33,35-42H,11H2,1-4H3;5-10,12,23,28,32-42H,11H2,1-4H3. The second kappa shape index (κ2) is 34.0. The third kappa shape index (κ3) is 15.6. The molecule has 0 radical (unpaired) electrons. The Kier molecular flexibility index (Phi) is 23.2. The number of benzene rings is 12. The van der Waals surface area contributed by atoms with Crippen molar-refractivity contribution in [1.29, 1.82) is 0 Å². The molecule has 0 amide bonds. The number of ether oxygens (including phenoxy) is 7. The van der Waals surface area contributed by atoms with Crippen molar-refractivity contribution in [3.05, 3.63) is 278 Å². The lowest BCUT2D eigenvalue weighted by Crippen LogP contribution is -2.55. The fourth-order valence-corrected chi connectivity index (χ4v) is 20.5. The van der Waals surface area contributed by atoms with Gasteiger partial charge in [0.1, 0.15) is 181 Å². The first-order valence-electron chi connectivity index (χ1n) is 43.6. The van der Waals surface area contributed by atoms with E-state index in [0.717, 1.165) is 18.2 Å². The van der Waals surface area contributed by atoms with Crippen LogP contribution in [-0.4, -0.2) is 161 Å². The van der Waals surface area contributed by atoms with Crippen LogP contribution in [0.5, 0.6) is 138 Å². The summed E-state index contributed by atoms with van der Waals surface area (Å²) < 4.78 is 44.1. The zero-order chi connectivity index (χ0) is 96.4. The van der Waals surface area contributed by atoms with Gasteiger partial charge in [-0.2, -0.15) is 0 Å². The van der Waals surface area contributed by atoms with E-state index in [0.29, 0.717) is 123 Å². The number of aliphatic hydroxyl groups is 6. The highest BCUT2D eigenvalue weighted by Crippen LogP contribution is 2.62. The van der Waals surface area contributed by atoms with Crippen LogP contribution in [0.2, 0.25) is 0 Å². The van der Waals surface area contributed by atoms with Gasteiger partial charge in [0.05, 0.1) is 30.1 Å². The van der Waals surface area contributed by atoms with E-state index >= 15 is 0 Å². The van der Waals surface area contributed by atoms with Crippen molar-refractivity contribution in [3.8, 4) is 138 Å². The second-order valence-electron chi connectivity index (χ2n) is 36.5. The summed E-state index contributed by atoms with van der Waals surface area (Å²) in [5.74, 6) is -5.24. The van der Waals surface area contributed by atoms with Gasteiger partial charge in [-0.1, -0.05) is 0 Å². The molecule has 15 unspecified atom stereocenters. The number of hydrogen-bond acceptors (Lipinski definition) is 30. The largest absolute Gasteiger partial charge is 0.508 e. The summed E-state index contributed by atoms with van der Waals surface area (Å²) in [7, 11) is 0. The molecule has 30 heteroatoms. The number of rotatable bonds is 8. The molecule has 30 nitrogen and oxygen atoms in total. The molecule has 7 heterocycles. The van der Waals surface area contributed by atoms with Crippen LogP contribution in [0, 0.1) is 83.1 Å². The molecule has 134 heavy (non-hydrogen) atoms. The summed E-state index contributed by atoms with van der Waals surface area (Å²) in [4.78, 5) is 0. The molecule has 0 aromatic heterocycles. The van der Waals surface area contributed by atoms with E-state index in [2.05, 4.69) is 0 Å². The van der Waals surface area contributed by atoms with Crippen LogP contribution in [0.4, 0.5) is 0 Å². The summed E-state index contributed by atoms with van der Waals surface area (Å²) >= 11 is 0. The molecule has 12 aromatic rings. The van der Waals surface area contributed by atoms with Gasteiger partial charge < -0.3 is 151 Å². The van der Waals surface area contributed by atoms with Crippen molar-refractivity contribution in [2.75, 3.05) is 6.61 Å². The Morgan fingerprint density at radius 3 is 0.985 bits per heavy atom. The number of aryl methyl sites for hydroxylation is 12. The number of fused-ring (bicyclic) bond motifs is 11. The molecule has 15 atom stereocenters. The lowest BCUT2D eigenvalue weighted by molar-refractivity contribution is -0.114. The zero-order valence-corrected chi connectivity index (χ0v) is 74.9. The van der Waals surface area contributed by atoms with Gasteiger partial charge in [-0.05, 0) is 257 Å². The molecule has 7 aliphatic rings. The lowest BCUT2D eigenvalue weighted by Gasteiger charge is -2.48. The monoisotopic (exact) mass is 1830 g/mol. The molecule has 12 aromatic carbocycles. The molecule has 19 rings (SSSR count). The van der Waals surface area contributed by atoms with Crippen LogP contribution in [0.3, 0.4) is 0 Å². The quantitative estimate of drug-likeness (QED) is 0.0672. The van der Waals surface area contributed by atoms with E-state index in [1.54, 1.807) is 156 Å². The van der Waals surface area contributed by atoms with Crippen molar-refractivity contribution in [2.45, 2.75) is 199 Å². The highest BCUT2D eigenvalue weighted by molar-refractivity contribution is 5.70. The molecule has 0 saturated heterocycles. The van der Waals surface area contributed by atoms with Gasteiger partial charge in [-0.25, -0.2) is 0 Å². The maximum Gasteiger partial charge on any atom is 0.194 e. The van der Waals surface area contributed by atoms with Gasteiger partial charge in [0.2, 0.25) is 0 Å². The Balaban J connectivity index is 0.000000140. The first-order valence-corrected chi connectivity index (χ1v) is 43.6. The maximum atomic E-state index is 12.2. The predicted octanol–water partition coefficient (Wildman–Crippen LogP) is 14.5. The third-order valence-corrected chi connectivity index (χ3v) is 27.2. The molecule has 0 fully saturated rings. The Labute approximate surface area is 768 Å². The first kappa shape index (κ1) is 91.5. The van der Waals surface area contributed by atoms with E-state index in [1.807, 2.05) is 0 Å². The Morgan fingerprint density at radius 2 is 0.567 bits per heavy atom. The van der Waals surface area contributed by atoms with Gasteiger partial charge in [0.15, 0.2) is 17.8 Å². The molecule has 0 aliphatic carbocycles. The molecule has 0 saturated carbocycles. The van der Waals surface area contributed by atoms with Crippen molar-refractivity contribution in [1.82, 2.24) is 0 Å². The van der Waals surface area contributed by atoms with Crippen LogP contribution >= 0.6 is 0 Å². The maximum absolute atomic E-state index is 12.2. The van der Waals surface area contributed by atoms with Gasteiger partial charge in [0, 0.05) is 135 Å².